The van der Waals surface area contributed by atoms with Crippen molar-refractivity contribution < 1.29 is 14.6 Å². The summed E-state index contributed by atoms with van der Waals surface area (Å²) in [5, 5.41) is 9.70. The zero-order chi connectivity index (χ0) is 14.7. The number of aromatic hydroxyl groups is 1. The molecule has 3 rings (SSSR count). The molecule has 1 N–H and O–H groups in total. The van der Waals surface area contributed by atoms with E-state index < -0.39 is 5.97 Å². The van der Waals surface area contributed by atoms with Crippen molar-refractivity contribution in [3.8, 4) is 5.75 Å². The van der Waals surface area contributed by atoms with Crippen LogP contribution in [0.2, 0.25) is 0 Å². The lowest BCUT2D eigenvalue weighted by molar-refractivity contribution is 0.00723. The Labute approximate surface area is 125 Å². The molecule has 21 heavy (non-hydrogen) atoms. The molecule has 2 heterocycles. The Morgan fingerprint density at radius 3 is 2.86 bits per heavy atom. The Hall–Kier alpha value is -1.55. The third kappa shape index (κ3) is 3.21. The number of piperidine rings is 2. The van der Waals surface area contributed by atoms with E-state index in [4.69, 9.17) is 4.74 Å². The van der Waals surface area contributed by atoms with E-state index in [-0.39, 0.29) is 11.3 Å². The normalized spacial score (nSPS) is 26.1. The van der Waals surface area contributed by atoms with E-state index in [1.54, 1.807) is 18.2 Å². The number of carbonyl (C=O) groups is 1. The van der Waals surface area contributed by atoms with Gasteiger partial charge in [-0.3, -0.25) is 4.90 Å². The number of rotatable bonds is 3. The summed E-state index contributed by atoms with van der Waals surface area (Å²) in [6.45, 7) is 2.84. The summed E-state index contributed by atoms with van der Waals surface area (Å²) in [4.78, 5) is 14.6. The van der Waals surface area contributed by atoms with Crippen LogP contribution >= 0.6 is 0 Å². The SMILES string of the molecule is O=C(OC[C@H]1CCCN2CCCC[C@H]12)c1ccccc1O. The molecule has 4 nitrogen and oxygen atoms in total. The molecule has 4 heteroatoms. The molecule has 0 aliphatic carbocycles. The summed E-state index contributed by atoms with van der Waals surface area (Å²) in [5.41, 5.74) is 0.258. The topological polar surface area (TPSA) is 49.8 Å². The fourth-order valence-corrected chi connectivity index (χ4v) is 3.68. The summed E-state index contributed by atoms with van der Waals surface area (Å²) in [5.74, 6) is 0.0142. The molecule has 1 aromatic rings. The molecule has 2 fully saturated rings. The third-order valence-electron chi connectivity index (χ3n) is 4.78. The molecule has 2 aliphatic rings. The van der Waals surface area contributed by atoms with Crippen LogP contribution in [0.4, 0.5) is 0 Å². The smallest absolute Gasteiger partial charge is 0.341 e. The quantitative estimate of drug-likeness (QED) is 0.869. The highest BCUT2D eigenvalue weighted by Gasteiger charge is 2.33. The molecule has 0 radical (unpaired) electrons. The number of phenolic OH excluding ortho intramolecular Hbond substituents is 1. The van der Waals surface area contributed by atoms with Crippen molar-refractivity contribution >= 4 is 5.97 Å². The maximum atomic E-state index is 12.1. The van der Waals surface area contributed by atoms with Gasteiger partial charge < -0.3 is 9.84 Å². The van der Waals surface area contributed by atoms with Crippen molar-refractivity contribution in [3.63, 3.8) is 0 Å². The van der Waals surface area contributed by atoms with E-state index in [1.165, 1.54) is 44.8 Å². The molecule has 1 aromatic carbocycles. The number of esters is 1. The van der Waals surface area contributed by atoms with Gasteiger partial charge in [0.05, 0.1) is 6.61 Å². The van der Waals surface area contributed by atoms with Gasteiger partial charge in [0.1, 0.15) is 11.3 Å². The molecule has 0 amide bonds. The number of ether oxygens (including phenoxy) is 1. The Morgan fingerprint density at radius 2 is 2.00 bits per heavy atom. The van der Waals surface area contributed by atoms with Gasteiger partial charge in [-0.05, 0) is 50.9 Å². The first kappa shape index (κ1) is 14.4. The monoisotopic (exact) mass is 289 g/mol. The first-order chi connectivity index (χ1) is 10.3. The van der Waals surface area contributed by atoms with Crippen molar-refractivity contribution in [2.75, 3.05) is 19.7 Å². The van der Waals surface area contributed by atoms with E-state index in [1.807, 2.05) is 0 Å². The maximum absolute atomic E-state index is 12.1. The Bertz CT molecular complexity index is 501. The van der Waals surface area contributed by atoms with Gasteiger partial charge in [0.25, 0.3) is 0 Å². The van der Waals surface area contributed by atoms with E-state index >= 15 is 0 Å². The molecule has 0 bridgehead atoms. The van der Waals surface area contributed by atoms with Gasteiger partial charge in [0.15, 0.2) is 0 Å². The summed E-state index contributed by atoms with van der Waals surface area (Å²) in [6, 6.07) is 7.13. The number of phenols is 1. The van der Waals surface area contributed by atoms with Crippen molar-refractivity contribution in [3.05, 3.63) is 29.8 Å². The molecule has 2 saturated heterocycles. The van der Waals surface area contributed by atoms with Crippen LogP contribution in [0.25, 0.3) is 0 Å². The highest BCUT2D eigenvalue weighted by Crippen LogP contribution is 2.31. The van der Waals surface area contributed by atoms with Crippen LogP contribution in [0.5, 0.6) is 5.75 Å². The van der Waals surface area contributed by atoms with Crippen LogP contribution < -0.4 is 0 Å². The predicted octanol–water partition coefficient (Wildman–Crippen LogP) is 2.81. The van der Waals surface area contributed by atoms with Crippen molar-refractivity contribution in [1.82, 2.24) is 4.90 Å². The van der Waals surface area contributed by atoms with Crippen LogP contribution in [0.15, 0.2) is 24.3 Å². The minimum absolute atomic E-state index is 0.00885. The molecular weight excluding hydrogens is 266 g/mol. The van der Waals surface area contributed by atoms with Gasteiger partial charge in [-0.1, -0.05) is 18.6 Å². The highest BCUT2D eigenvalue weighted by molar-refractivity contribution is 5.92. The van der Waals surface area contributed by atoms with Crippen LogP contribution in [-0.4, -0.2) is 41.7 Å². The van der Waals surface area contributed by atoms with Gasteiger partial charge in [0, 0.05) is 12.0 Å². The lowest BCUT2D eigenvalue weighted by atomic mass is 9.84. The second kappa shape index (κ2) is 6.48. The minimum Gasteiger partial charge on any atom is -0.507 e. The number of carbonyl (C=O) groups excluding carboxylic acids is 1. The second-order valence-corrected chi connectivity index (χ2v) is 6.12. The van der Waals surface area contributed by atoms with Crippen molar-refractivity contribution in [2.45, 2.75) is 38.1 Å². The van der Waals surface area contributed by atoms with Gasteiger partial charge >= 0.3 is 5.97 Å². The zero-order valence-corrected chi connectivity index (χ0v) is 12.3. The average molecular weight is 289 g/mol. The lowest BCUT2D eigenvalue weighted by Crippen LogP contribution is -2.49. The molecule has 2 aliphatic heterocycles. The molecule has 114 valence electrons. The van der Waals surface area contributed by atoms with Crippen LogP contribution in [0.3, 0.4) is 0 Å². The third-order valence-corrected chi connectivity index (χ3v) is 4.78. The largest absolute Gasteiger partial charge is 0.507 e. The van der Waals surface area contributed by atoms with E-state index in [2.05, 4.69) is 4.90 Å². The summed E-state index contributed by atoms with van der Waals surface area (Å²) in [6.07, 6.45) is 6.12. The van der Waals surface area contributed by atoms with Crippen molar-refractivity contribution in [2.24, 2.45) is 5.92 Å². The Kier molecular flexibility index (Phi) is 4.44. The Balaban J connectivity index is 1.59. The molecule has 0 saturated carbocycles. The average Bonchev–Trinajstić information content (AvgIpc) is 2.53. The van der Waals surface area contributed by atoms with Crippen LogP contribution in [-0.2, 0) is 4.74 Å². The first-order valence-electron chi connectivity index (χ1n) is 7.95. The van der Waals surface area contributed by atoms with Gasteiger partial charge in [0.2, 0.25) is 0 Å². The van der Waals surface area contributed by atoms with E-state index in [0.29, 0.717) is 18.6 Å². The lowest BCUT2D eigenvalue weighted by Gasteiger charge is -2.44. The molecule has 0 spiro atoms. The number of benzene rings is 1. The van der Waals surface area contributed by atoms with E-state index in [0.717, 1.165) is 6.42 Å². The minimum atomic E-state index is -0.416. The summed E-state index contributed by atoms with van der Waals surface area (Å²) >= 11 is 0. The molecular formula is C17H23NO3. The molecule has 2 atom stereocenters. The maximum Gasteiger partial charge on any atom is 0.341 e. The zero-order valence-electron chi connectivity index (χ0n) is 12.3. The number of fused-ring (bicyclic) bond motifs is 1. The van der Waals surface area contributed by atoms with Gasteiger partial charge in [-0.15, -0.1) is 0 Å². The number of para-hydroxylation sites is 1. The molecule has 0 unspecified atom stereocenters. The predicted molar refractivity (Wildman–Crippen MR) is 80.3 cm³/mol. The van der Waals surface area contributed by atoms with Gasteiger partial charge in [-0.25, -0.2) is 4.79 Å². The highest BCUT2D eigenvalue weighted by atomic mass is 16.5. The first-order valence-corrected chi connectivity index (χ1v) is 7.95. The fourth-order valence-electron chi connectivity index (χ4n) is 3.68. The summed E-state index contributed by atoms with van der Waals surface area (Å²) in [7, 11) is 0. The summed E-state index contributed by atoms with van der Waals surface area (Å²) < 4.78 is 5.47. The van der Waals surface area contributed by atoms with Crippen molar-refractivity contribution in [1.29, 1.82) is 0 Å². The fraction of sp³-hybridized carbons (Fsp3) is 0.588. The van der Waals surface area contributed by atoms with Crippen LogP contribution in [0.1, 0.15) is 42.5 Å². The number of hydrogen-bond donors (Lipinski definition) is 1. The number of hydrogen-bond acceptors (Lipinski definition) is 4. The molecule has 0 aromatic heterocycles. The standard InChI is InChI=1S/C17H23NO3/c19-16-9-2-1-7-14(16)17(20)21-12-13-6-5-11-18-10-4-3-8-15(13)18/h1-2,7,9,13,15,19H,3-6,8,10-12H2/t13-,15-/m1/s1. The Morgan fingerprint density at radius 1 is 1.19 bits per heavy atom. The van der Waals surface area contributed by atoms with Crippen LogP contribution in [0, 0.1) is 5.92 Å². The number of nitrogens with zero attached hydrogens (tertiary/aromatic N) is 1. The second-order valence-electron chi connectivity index (χ2n) is 6.12. The van der Waals surface area contributed by atoms with E-state index in [9.17, 15) is 9.90 Å². The van der Waals surface area contributed by atoms with Gasteiger partial charge in [-0.2, -0.15) is 0 Å².